The molecule has 2 aliphatic heterocycles. The smallest absolute Gasteiger partial charge is 0.252 e. The second-order valence-corrected chi connectivity index (χ2v) is 8.78. The van der Waals surface area contributed by atoms with E-state index < -0.39 is 0 Å². The Labute approximate surface area is 143 Å². The van der Waals surface area contributed by atoms with Gasteiger partial charge in [0.1, 0.15) is 0 Å². The summed E-state index contributed by atoms with van der Waals surface area (Å²) >= 11 is 1.92. The van der Waals surface area contributed by atoms with E-state index in [1.54, 1.807) is 0 Å². The maximum absolute atomic E-state index is 12.2. The number of fused-ring (bicyclic) bond motifs is 1. The Bertz CT molecular complexity index is 597. The van der Waals surface area contributed by atoms with Crippen molar-refractivity contribution in [2.45, 2.75) is 64.3 Å². The lowest BCUT2D eigenvalue weighted by atomic mass is 9.77. The lowest BCUT2D eigenvalue weighted by Crippen LogP contribution is -2.46. The minimum atomic E-state index is 0.153. The van der Waals surface area contributed by atoms with E-state index in [0.29, 0.717) is 5.92 Å². The van der Waals surface area contributed by atoms with Gasteiger partial charge in [-0.15, -0.1) is 11.3 Å². The molecule has 0 radical (unpaired) electrons. The molecule has 0 spiro atoms. The molecule has 23 heavy (non-hydrogen) atoms. The Balaban J connectivity index is 1.47. The van der Waals surface area contributed by atoms with Crippen LogP contribution >= 0.6 is 11.3 Å². The fourth-order valence-electron chi connectivity index (χ4n) is 4.76. The van der Waals surface area contributed by atoms with Crippen molar-refractivity contribution in [3.05, 3.63) is 20.9 Å². The number of carbonyl (C=O) groups is 1. The van der Waals surface area contributed by atoms with E-state index in [1.165, 1.54) is 60.5 Å². The highest BCUT2D eigenvalue weighted by molar-refractivity contribution is 7.12. The third-order valence-electron chi connectivity index (χ3n) is 6.39. The summed E-state index contributed by atoms with van der Waals surface area (Å²) in [7, 11) is 0. The fraction of sp³-hybridized carbons (Fsp3) is 0.737. The minimum absolute atomic E-state index is 0.153. The number of carbonyl (C=O) groups excluding carboxylic acids is 1. The molecule has 1 saturated carbocycles. The molecule has 126 valence electrons. The predicted octanol–water partition coefficient (Wildman–Crippen LogP) is 3.71. The Kier molecular flexibility index (Phi) is 4.22. The molecule has 3 heterocycles. The van der Waals surface area contributed by atoms with Crippen LogP contribution in [0.5, 0.6) is 0 Å². The molecule has 1 saturated heterocycles. The van der Waals surface area contributed by atoms with E-state index in [2.05, 4.69) is 24.1 Å². The van der Waals surface area contributed by atoms with E-state index in [1.807, 2.05) is 11.3 Å². The summed E-state index contributed by atoms with van der Waals surface area (Å²) in [6.45, 7) is 8.03. The molecular formula is C19H28N2OS. The third-order valence-corrected chi connectivity index (χ3v) is 7.94. The van der Waals surface area contributed by atoms with Crippen molar-refractivity contribution in [3.63, 3.8) is 0 Å². The Hall–Kier alpha value is -0.870. The van der Waals surface area contributed by atoms with Gasteiger partial charge in [-0.05, 0) is 75.9 Å². The van der Waals surface area contributed by atoms with E-state index >= 15 is 0 Å². The van der Waals surface area contributed by atoms with Crippen LogP contribution in [-0.4, -0.2) is 36.5 Å². The molecule has 0 aromatic carbocycles. The molecule has 2 fully saturated rings. The molecule has 1 amide bonds. The Morgan fingerprint density at radius 3 is 2.57 bits per heavy atom. The van der Waals surface area contributed by atoms with Crippen molar-refractivity contribution in [1.29, 1.82) is 0 Å². The number of likely N-dealkylation sites (tertiary alicyclic amines) is 1. The lowest BCUT2D eigenvalue weighted by molar-refractivity contribution is 0.0758. The number of nitrogens with one attached hydrogen (secondary N) is 1. The van der Waals surface area contributed by atoms with Crippen LogP contribution in [0, 0.1) is 12.8 Å². The van der Waals surface area contributed by atoms with E-state index in [4.69, 9.17) is 0 Å². The van der Waals surface area contributed by atoms with E-state index in [0.717, 1.165) is 30.5 Å². The van der Waals surface area contributed by atoms with Crippen LogP contribution in [-0.2, 0) is 6.42 Å². The zero-order chi connectivity index (χ0) is 16.0. The summed E-state index contributed by atoms with van der Waals surface area (Å²) in [4.78, 5) is 17.7. The first-order chi connectivity index (χ1) is 11.1. The van der Waals surface area contributed by atoms with Crippen molar-refractivity contribution < 1.29 is 4.79 Å². The van der Waals surface area contributed by atoms with Gasteiger partial charge in [-0.25, -0.2) is 0 Å². The standard InChI is InChI=1S/C19H28N2OS/c1-12(14-4-6-15(7-5-14)21-10-3-11-21)18-13(2)17-16(23-18)8-9-20-19(17)22/h12,14-15H,3-11H2,1-2H3,(H,20,22)/t12-,14?,15?/m1/s1. The number of rotatable bonds is 3. The normalized spacial score (nSPS) is 29.6. The SMILES string of the molecule is Cc1c([C@H](C)C2CCC(N3CCC3)CC2)sc2c1C(=O)NCC2. The van der Waals surface area contributed by atoms with Gasteiger partial charge in [0.15, 0.2) is 0 Å². The van der Waals surface area contributed by atoms with Gasteiger partial charge in [-0.3, -0.25) is 4.79 Å². The monoisotopic (exact) mass is 332 g/mol. The van der Waals surface area contributed by atoms with Gasteiger partial charge in [-0.2, -0.15) is 0 Å². The van der Waals surface area contributed by atoms with Crippen LogP contribution in [0.15, 0.2) is 0 Å². The molecular weight excluding hydrogens is 304 g/mol. The number of amides is 1. The zero-order valence-corrected chi connectivity index (χ0v) is 15.2. The van der Waals surface area contributed by atoms with Crippen molar-refractivity contribution >= 4 is 17.2 Å². The topological polar surface area (TPSA) is 32.3 Å². The van der Waals surface area contributed by atoms with Crippen LogP contribution in [0.4, 0.5) is 0 Å². The maximum atomic E-state index is 12.2. The first-order valence-electron chi connectivity index (χ1n) is 9.29. The van der Waals surface area contributed by atoms with Crippen molar-refractivity contribution in [2.24, 2.45) is 5.92 Å². The highest BCUT2D eigenvalue weighted by atomic mass is 32.1. The summed E-state index contributed by atoms with van der Waals surface area (Å²) in [6.07, 6.45) is 7.88. The molecule has 4 heteroatoms. The van der Waals surface area contributed by atoms with Crippen LogP contribution in [0.3, 0.4) is 0 Å². The molecule has 0 unspecified atom stereocenters. The molecule has 1 aliphatic carbocycles. The molecule has 3 aliphatic rings. The summed E-state index contributed by atoms with van der Waals surface area (Å²) < 4.78 is 0. The van der Waals surface area contributed by atoms with E-state index in [-0.39, 0.29) is 5.91 Å². The van der Waals surface area contributed by atoms with Crippen LogP contribution in [0.1, 0.15) is 70.6 Å². The zero-order valence-electron chi connectivity index (χ0n) is 14.4. The average Bonchev–Trinajstić information content (AvgIpc) is 2.84. The van der Waals surface area contributed by atoms with Crippen LogP contribution in [0.2, 0.25) is 0 Å². The largest absolute Gasteiger partial charge is 0.352 e. The molecule has 3 nitrogen and oxygen atoms in total. The summed E-state index contributed by atoms with van der Waals surface area (Å²) in [5, 5.41) is 3.00. The molecule has 1 aromatic rings. The van der Waals surface area contributed by atoms with Gasteiger partial charge in [0, 0.05) is 22.3 Å². The Morgan fingerprint density at radius 2 is 1.96 bits per heavy atom. The molecule has 0 bridgehead atoms. The summed E-state index contributed by atoms with van der Waals surface area (Å²) in [6, 6.07) is 0.857. The van der Waals surface area contributed by atoms with Crippen LogP contribution in [0.25, 0.3) is 0 Å². The Morgan fingerprint density at radius 1 is 1.22 bits per heavy atom. The first-order valence-corrected chi connectivity index (χ1v) is 10.1. The molecule has 1 N–H and O–H groups in total. The minimum Gasteiger partial charge on any atom is -0.352 e. The van der Waals surface area contributed by atoms with Gasteiger partial charge >= 0.3 is 0 Å². The van der Waals surface area contributed by atoms with Crippen molar-refractivity contribution in [3.8, 4) is 0 Å². The van der Waals surface area contributed by atoms with Gasteiger partial charge in [0.05, 0.1) is 5.56 Å². The highest BCUT2D eigenvalue weighted by Crippen LogP contribution is 2.43. The second-order valence-electron chi connectivity index (χ2n) is 7.64. The number of hydrogen-bond donors (Lipinski definition) is 1. The predicted molar refractivity (Wildman–Crippen MR) is 95.4 cm³/mol. The van der Waals surface area contributed by atoms with Crippen molar-refractivity contribution in [1.82, 2.24) is 10.2 Å². The second kappa shape index (κ2) is 6.21. The third kappa shape index (κ3) is 2.74. The number of thiophene rings is 1. The number of hydrogen-bond acceptors (Lipinski definition) is 3. The summed E-state index contributed by atoms with van der Waals surface area (Å²) in [5.74, 6) is 1.56. The van der Waals surface area contributed by atoms with Gasteiger partial charge in [0.2, 0.25) is 0 Å². The molecule has 4 rings (SSSR count). The van der Waals surface area contributed by atoms with E-state index in [9.17, 15) is 4.79 Å². The van der Waals surface area contributed by atoms with Gasteiger partial charge in [-0.1, -0.05) is 6.92 Å². The molecule has 1 atom stereocenters. The summed E-state index contributed by atoms with van der Waals surface area (Å²) in [5.41, 5.74) is 2.26. The molecule has 1 aromatic heterocycles. The lowest BCUT2D eigenvalue weighted by Gasteiger charge is -2.43. The average molecular weight is 333 g/mol. The highest BCUT2D eigenvalue weighted by Gasteiger charge is 2.33. The maximum Gasteiger partial charge on any atom is 0.252 e. The van der Waals surface area contributed by atoms with Crippen molar-refractivity contribution in [2.75, 3.05) is 19.6 Å². The number of nitrogens with zero attached hydrogens (tertiary/aromatic N) is 1. The van der Waals surface area contributed by atoms with Gasteiger partial charge < -0.3 is 10.2 Å². The fourth-order valence-corrected chi connectivity index (χ4v) is 6.22. The van der Waals surface area contributed by atoms with Crippen LogP contribution < -0.4 is 5.32 Å². The quantitative estimate of drug-likeness (QED) is 0.915. The van der Waals surface area contributed by atoms with Gasteiger partial charge in [0.25, 0.3) is 5.91 Å². The first kappa shape index (κ1) is 15.6.